The van der Waals surface area contributed by atoms with Crippen molar-refractivity contribution in [3.05, 3.63) is 111 Å². The number of ether oxygens (including phenoxy) is 1. The minimum Gasteiger partial charge on any atom is -0.421 e. The zero-order valence-corrected chi connectivity index (χ0v) is 25.5. The molecule has 0 fully saturated rings. The second-order valence-electron chi connectivity index (χ2n) is 6.83. The third kappa shape index (κ3) is 6.38. The zero-order chi connectivity index (χ0) is 23.5. The van der Waals surface area contributed by atoms with Crippen LogP contribution in [0.1, 0.15) is 10.4 Å². The number of carbonyl (C=O) groups is 1. The van der Waals surface area contributed by atoms with E-state index in [1.807, 2.05) is 84.9 Å². The third-order valence-electron chi connectivity index (χ3n) is 4.58. The second-order valence-corrected chi connectivity index (χ2v) is 13.3. The van der Waals surface area contributed by atoms with Crippen molar-refractivity contribution in [3.63, 3.8) is 0 Å². The first-order valence-corrected chi connectivity index (χ1v) is 14.8. The minimum atomic E-state index is -0.378. The summed E-state index contributed by atoms with van der Waals surface area (Å²) in [6, 6.07) is 27.2. The summed E-state index contributed by atoms with van der Waals surface area (Å²) in [6.45, 7) is 0. The van der Waals surface area contributed by atoms with E-state index in [-0.39, 0.29) is 16.9 Å². The van der Waals surface area contributed by atoms with E-state index in [2.05, 4.69) is 67.8 Å². The lowest BCUT2D eigenvalue weighted by Gasteiger charge is -2.11. The summed E-state index contributed by atoms with van der Waals surface area (Å²) >= 11 is 18.9. The molecule has 0 amide bonds. The number of carbonyl (C=O) groups excluding carboxylic acids is 1. The van der Waals surface area contributed by atoms with Crippen LogP contribution in [0.15, 0.2) is 99.6 Å². The molecule has 0 spiro atoms. The van der Waals surface area contributed by atoms with Gasteiger partial charge in [-0.15, -0.1) is 0 Å². The molecule has 0 N–H and O–H groups in total. The lowest BCUT2D eigenvalue weighted by atomic mass is 10.2. The Morgan fingerprint density at radius 3 is 1.48 bits per heavy atom. The fourth-order valence-electron chi connectivity index (χ4n) is 3.05. The molecule has 4 rings (SSSR count). The van der Waals surface area contributed by atoms with Crippen LogP contribution in [0.5, 0.6) is 5.75 Å². The number of benzene rings is 4. The minimum absolute atomic E-state index is 0.373. The van der Waals surface area contributed by atoms with Crippen LogP contribution in [-0.2, 0) is 10.9 Å². The molecule has 0 saturated carbocycles. The van der Waals surface area contributed by atoms with Crippen molar-refractivity contribution in [1.29, 1.82) is 0 Å². The van der Waals surface area contributed by atoms with Crippen molar-refractivity contribution in [3.8, 4) is 5.75 Å². The molecule has 0 atom stereocenters. The fraction of sp³-hybridized carbons (Fsp3) is 0. The Morgan fingerprint density at radius 2 is 1.06 bits per heavy atom. The van der Waals surface area contributed by atoms with E-state index in [0.717, 1.165) is 25.4 Å². The molecule has 0 saturated heterocycles. The Hall–Kier alpha value is -0.530. The number of esters is 1. The molecule has 4 aromatic rings. The van der Waals surface area contributed by atoms with E-state index in [9.17, 15) is 4.79 Å². The standard InChI is InChI=1S/C25H14Cl2I3O2S/c26-16-3-9-20(10-4-16)33(21-11-5-17(27)6-12-21)19-7-1-15(2-8-19)25(31)32-24-22(29)13-18(28)14-23(24)30/h1-14H/q+1. The van der Waals surface area contributed by atoms with Crippen molar-refractivity contribution in [1.82, 2.24) is 0 Å². The van der Waals surface area contributed by atoms with Gasteiger partial charge < -0.3 is 4.74 Å². The highest BCUT2D eigenvalue weighted by Gasteiger charge is 2.29. The maximum atomic E-state index is 12.8. The largest absolute Gasteiger partial charge is 0.421 e. The number of rotatable bonds is 5. The Bertz CT molecular complexity index is 1230. The van der Waals surface area contributed by atoms with Crippen molar-refractivity contribution in [2.45, 2.75) is 14.7 Å². The van der Waals surface area contributed by atoms with E-state index in [4.69, 9.17) is 27.9 Å². The molecular formula is C25H14Cl2I3O2S+. The Morgan fingerprint density at radius 1 is 0.667 bits per heavy atom. The van der Waals surface area contributed by atoms with E-state index in [0.29, 0.717) is 21.4 Å². The number of hydrogen-bond donors (Lipinski definition) is 0. The summed E-state index contributed by atoms with van der Waals surface area (Å²) in [5, 5.41) is 1.38. The van der Waals surface area contributed by atoms with Gasteiger partial charge in [0.2, 0.25) is 0 Å². The van der Waals surface area contributed by atoms with Gasteiger partial charge in [0.1, 0.15) is 0 Å². The Balaban J connectivity index is 1.64. The molecule has 166 valence electrons. The lowest BCUT2D eigenvalue weighted by molar-refractivity contribution is 0.0732. The summed E-state index contributed by atoms with van der Waals surface area (Å²) in [5.41, 5.74) is 0.500. The summed E-state index contributed by atoms with van der Waals surface area (Å²) < 4.78 is 8.63. The quantitative estimate of drug-likeness (QED) is 0.0869. The molecule has 0 heterocycles. The molecule has 33 heavy (non-hydrogen) atoms. The van der Waals surface area contributed by atoms with Crippen LogP contribution in [0.25, 0.3) is 0 Å². The van der Waals surface area contributed by atoms with Crippen LogP contribution in [-0.4, -0.2) is 5.97 Å². The van der Waals surface area contributed by atoms with Crippen molar-refractivity contribution < 1.29 is 9.53 Å². The van der Waals surface area contributed by atoms with Gasteiger partial charge in [-0.05, 0) is 153 Å². The van der Waals surface area contributed by atoms with Gasteiger partial charge in [-0.3, -0.25) is 0 Å². The van der Waals surface area contributed by atoms with Crippen LogP contribution in [0.3, 0.4) is 0 Å². The van der Waals surface area contributed by atoms with E-state index in [1.165, 1.54) is 0 Å². The Kier molecular flexibility index (Phi) is 8.88. The molecule has 8 heteroatoms. The fourth-order valence-corrected chi connectivity index (χ4v) is 9.15. The molecule has 0 unspecified atom stereocenters. The van der Waals surface area contributed by atoms with E-state index >= 15 is 0 Å². The summed E-state index contributed by atoms with van der Waals surface area (Å²) in [7, 11) is -0.373. The van der Waals surface area contributed by atoms with Gasteiger partial charge in [-0.2, -0.15) is 0 Å². The molecule has 0 aliphatic carbocycles. The normalized spacial score (nSPS) is 11.0. The lowest BCUT2D eigenvalue weighted by Crippen LogP contribution is -2.11. The maximum Gasteiger partial charge on any atom is 0.343 e. The number of halogens is 5. The van der Waals surface area contributed by atoms with Crippen LogP contribution in [0.4, 0.5) is 0 Å². The van der Waals surface area contributed by atoms with Gasteiger partial charge in [-0.25, -0.2) is 4.79 Å². The monoisotopic (exact) mass is 829 g/mol. The average Bonchev–Trinajstić information content (AvgIpc) is 2.79. The predicted octanol–water partition coefficient (Wildman–Crippen LogP) is 9.12. The summed E-state index contributed by atoms with van der Waals surface area (Å²) in [5.74, 6) is 0.212. The topological polar surface area (TPSA) is 26.3 Å². The highest BCUT2D eigenvalue weighted by molar-refractivity contribution is 14.1. The molecule has 0 aliphatic heterocycles. The summed E-state index contributed by atoms with van der Waals surface area (Å²) in [4.78, 5) is 16.2. The maximum absolute atomic E-state index is 12.8. The van der Waals surface area contributed by atoms with Crippen LogP contribution in [0.2, 0.25) is 10.0 Å². The van der Waals surface area contributed by atoms with Gasteiger partial charge in [0.05, 0.1) is 23.6 Å². The molecule has 4 aromatic carbocycles. The molecular weight excluding hydrogens is 816 g/mol. The highest BCUT2D eigenvalue weighted by Crippen LogP contribution is 2.33. The van der Waals surface area contributed by atoms with E-state index < -0.39 is 0 Å². The van der Waals surface area contributed by atoms with Gasteiger partial charge >= 0.3 is 5.97 Å². The zero-order valence-electron chi connectivity index (χ0n) is 16.7. The predicted molar refractivity (Wildman–Crippen MR) is 161 cm³/mol. The van der Waals surface area contributed by atoms with Crippen LogP contribution < -0.4 is 4.74 Å². The second kappa shape index (κ2) is 11.5. The number of hydrogen-bond acceptors (Lipinski definition) is 2. The molecule has 2 nitrogen and oxygen atoms in total. The Labute approximate surface area is 246 Å². The third-order valence-corrected chi connectivity index (χ3v) is 9.54. The smallest absolute Gasteiger partial charge is 0.343 e. The molecule has 0 aromatic heterocycles. The van der Waals surface area contributed by atoms with Crippen molar-refractivity contribution in [2.75, 3.05) is 0 Å². The van der Waals surface area contributed by atoms with Crippen molar-refractivity contribution in [2.24, 2.45) is 0 Å². The van der Waals surface area contributed by atoms with Crippen LogP contribution in [0, 0.1) is 10.7 Å². The molecule has 0 aliphatic rings. The van der Waals surface area contributed by atoms with Gasteiger partial charge in [-0.1, -0.05) is 23.2 Å². The SMILES string of the molecule is O=C(Oc1c(I)cc(I)cc1I)c1ccc([S+](c2ccc(Cl)cc2)c2ccc(Cl)cc2)cc1. The van der Waals surface area contributed by atoms with Crippen molar-refractivity contribution >= 4 is 108 Å². The van der Waals surface area contributed by atoms with Gasteiger partial charge in [0.15, 0.2) is 20.4 Å². The highest BCUT2D eigenvalue weighted by atomic mass is 127. The molecule has 0 radical (unpaired) electrons. The summed E-state index contributed by atoms with van der Waals surface area (Å²) in [6.07, 6.45) is 0. The first kappa shape index (κ1) is 25.6. The van der Waals surface area contributed by atoms with Crippen LogP contribution >= 0.6 is 91.0 Å². The first-order chi connectivity index (χ1) is 15.8. The van der Waals surface area contributed by atoms with E-state index in [1.54, 1.807) is 0 Å². The average molecular weight is 830 g/mol. The van der Waals surface area contributed by atoms with Gasteiger partial charge in [0, 0.05) is 13.6 Å². The molecule has 0 bridgehead atoms. The first-order valence-electron chi connectivity index (χ1n) is 9.54. The van der Waals surface area contributed by atoms with Gasteiger partial charge in [0.25, 0.3) is 0 Å².